The molecule has 0 amide bonds. The molecule has 0 bridgehead atoms. The summed E-state index contributed by atoms with van der Waals surface area (Å²) < 4.78 is 9.97. The van der Waals surface area contributed by atoms with Gasteiger partial charge in [-0.15, -0.1) is 0 Å². The van der Waals surface area contributed by atoms with Crippen LogP contribution in [0.1, 0.15) is 0 Å². The zero-order valence-electron chi connectivity index (χ0n) is 8.09. The predicted molar refractivity (Wildman–Crippen MR) is 50.5 cm³/mol. The molecule has 0 aromatic heterocycles. The van der Waals surface area contributed by atoms with Crippen LogP contribution in [0.4, 0.5) is 0 Å². The van der Waals surface area contributed by atoms with Gasteiger partial charge >= 0.3 is 0 Å². The summed E-state index contributed by atoms with van der Waals surface area (Å²) >= 11 is 0. The van der Waals surface area contributed by atoms with Crippen LogP contribution in [0.15, 0.2) is 12.3 Å². The van der Waals surface area contributed by atoms with Gasteiger partial charge in [-0.25, -0.2) is 0 Å². The van der Waals surface area contributed by atoms with Crippen molar-refractivity contribution in [2.45, 2.75) is 19.6 Å². The van der Waals surface area contributed by atoms with Crippen LogP contribution >= 0.6 is 0 Å². The second-order valence-electron chi connectivity index (χ2n) is 3.41. The van der Waals surface area contributed by atoms with Crippen molar-refractivity contribution in [2.24, 2.45) is 0 Å². The van der Waals surface area contributed by atoms with Gasteiger partial charge in [0.25, 0.3) is 0 Å². The Morgan fingerprint density at radius 3 is 2.42 bits per heavy atom. The van der Waals surface area contributed by atoms with Crippen molar-refractivity contribution in [3.63, 3.8) is 0 Å². The molecular weight excluding hydrogens is 172 g/mol. The van der Waals surface area contributed by atoms with Gasteiger partial charge in [0, 0.05) is 6.08 Å². The van der Waals surface area contributed by atoms with E-state index in [0.29, 0.717) is 0 Å². The van der Waals surface area contributed by atoms with Crippen LogP contribution in [0.3, 0.4) is 0 Å². The molecule has 0 atom stereocenters. The molecular formula is C8H16O3Si. The van der Waals surface area contributed by atoms with E-state index in [9.17, 15) is 4.79 Å². The molecule has 3 nitrogen and oxygen atoms in total. The molecule has 0 aromatic carbocycles. The molecule has 70 valence electrons. The molecule has 0 radical (unpaired) electrons. The van der Waals surface area contributed by atoms with Crippen LogP contribution in [0.2, 0.25) is 19.6 Å². The topological polar surface area (TPSA) is 35.5 Å². The van der Waals surface area contributed by atoms with Crippen molar-refractivity contribution in [1.82, 2.24) is 0 Å². The van der Waals surface area contributed by atoms with Crippen LogP contribution in [-0.2, 0) is 14.0 Å². The fraction of sp³-hybridized carbons (Fsp3) is 0.625. The van der Waals surface area contributed by atoms with E-state index in [1.165, 1.54) is 19.4 Å². The summed E-state index contributed by atoms with van der Waals surface area (Å²) in [7, 11) is -0.0516. The fourth-order valence-corrected chi connectivity index (χ4v) is 1.05. The van der Waals surface area contributed by atoms with Gasteiger partial charge in [-0.1, -0.05) is 0 Å². The van der Waals surface area contributed by atoms with Gasteiger partial charge < -0.3 is 9.16 Å². The van der Waals surface area contributed by atoms with Gasteiger partial charge in [0.1, 0.15) is 0 Å². The quantitative estimate of drug-likeness (QED) is 0.373. The van der Waals surface area contributed by atoms with Gasteiger partial charge in [-0.3, -0.25) is 4.79 Å². The Kier molecular flexibility index (Phi) is 4.85. The first-order chi connectivity index (χ1) is 5.45. The Morgan fingerprint density at radius 1 is 1.42 bits per heavy atom. The van der Waals surface area contributed by atoms with E-state index in [4.69, 9.17) is 4.43 Å². The van der Waals surface area contributed by atoms with Crippen LogP contribution in [-0.4, -0.2) is 27.8 Å². The number of hydrogen-bond donors (Lipinski definition) is 0. The molecule has 0 aromatic rings. The van der Waals surface area contributed by atoms with Gasteiger partial charge in [-0.2, -0.15) is 0 Å². The molecule has 0 spiro atoms. The first-order valence-electron chi connectivity index (χ1n) is 3.82. The average Bonchev–Trinajstić information content (AvgIpc) is 1.95. The maximum absolute atomic E-state index is 11.0. The lowest BCUT2D eigenvalue weighted by molar-refractivity contribution is -0.116. The lowest BCUT2D eigenvalue weighted by Crippen LogP contribution is -2.28. The molecule has 0 aliphatic rings. The van der Waals surface area contributed by atoms with E-state index in [1.807, 2.05) is 19.6 Å². The molecule has 0 unspecified atom stereocenters. The number of carbonyl (C=O) groups is 1. The maximum atomic E-state index is 11.0. The van der Waals surface area contributed by atoms with Crippen molar-refractivity contribution >= 4 is 14.1 Å². The van der Waals surface area contributed by atoms with Gasteiger partial charge in [0.05, 0.1) is 20.0 Å². The molecule has 0 N–H and O–H groups in total. The van der Waals surface area contributed by atoms with E-state index in [-0.39, 0.29) is 12.4 Å². The largest absolute Gasteiger partial charge is 0.504 e. The highest BCUT2D eigenvalue weighted by atomic mass is 28.4. The lowest BCUT2D eigenvalue weighted by Gasteiger charge is -2.15. The summed E-state index contributed by atoms with van der Waals surface area (Å²) in [6.07, 6.45) is 2.73. The molecule has 0 saturated heterocycles. The maximum Gasteiger partial charge on any atom is 0.184 e. The molecule has 12 heavy (non-hydrogen) atoms. The minimum Gasteiger partial charge on any atom is -0.504 e. The van der Waals surface area contributed by atoms with Crippen LogP contribution < -0.4 is 0 Å². The third-order valence-corrected chi connectivity index (χ3v) is 2.05. The number of methoxy groups -OCH3 is 1. The van der Waals surface area contributed by atoms with Crippen molar-refractivity contribution in [3.8, 4) is 0 Å². The zero-order chi connectivity index (χ0) is 9.61. The van der Waals surface area contributed by atoms with E-state index in [2.05, 4.69) is 4.74 Å². The van der Waals surface area contributed by atoms with Crippen LogP contribution in [0.5, 0.6) is 0 Å². The van der Waals surface area contributed by atoms with E-state index < -0.39 is 8.32 Å². The SMILES string of the molecule is CO/C=C/C(=O)CO[Si](C)(C)C. The van der Waals surface area contributed by atoms with E-state index in [0.717, 1.165) is 0 Å². The Balaban J connectivity index is 3.65. The summed E-state index contributed by atoms with van der Waals surface area (Å²) in [5, 5.41) is 0. The number of ketones is 1. The van der Waals surface area contributed by atoms with Crippen LogP contribution in [0, 0.1) is 0 Å². The van der Waals surface area contributed by atoms with Crippen molar-refractivity contribution in [2.75, 3.05) is 13.7 Å². The molecule has 0 aliphatic carbocycles. The normalized spacial score (nSPS) is 12.0. The summed E-state index contributed by atoms with van der Waals surface area (Å²) in [6, 6.07) is 0. The number of carbonyl (C=O) groups excluding carboxylic acids is 1. The molecule has 0 heterocycles. The van der Waals surface area contributed by atoms with Crippen molar-refractivity contribution in [1.29, 1.82) is 0 Å². The molecule has 0 fully saturated rings. The minimum atomic E-state index is -1.55. The third-order valence-electron chi connectivity index (χ3n) is 1.04. The summed E-state index contributed by atoms with van der Waals surface area (Å²) in [5.41, 5.74) is 0. The lowest BCUT2D eigenvalue weighted by atomic mass is 10.4. The molecule has 0 saturated carbocycles. The number of hydrogen-bond acceptors (Lipinski definition) is 3. The number of ether oxygens (including phenoxy) is 1. The minimum absolute atomic E-state index is 0.0562. The van der Waals surface area contributed by atoms with Crippen LogP contribution in [0.25, 0.3) is 0 Å². The first kappa shape index (κ1) is 11.4. The van der Waals surface area contributed by atoms with Crippen molar-refractivity contribution in [3.05, 3.63) is 12.3 Å². The second kappa shape index (κ2) is 5.11. The van der Waals surface area contributed by atoms with Gasteiger partial charge in [0.2, 0.25) is 0 Å². The number of rotatable bonds is 5. The third kappa shape index (κ3) is 7.49. The van der Waals surface area contributed by atoms with E-state index >= 15 is 0 Å². The summed E-state index contributed by atoms with van der Waals surface area (Å²) in [4.78, 5) is 11.0. The summed E-state index contributed by atoms with van der Waals surface area (Å²) in [5.74, 6) is -0.0562. The molecule has 0 aliphatic heterocycles. The fourth-order valence-electron chi connectivity index (χ4n) is 0.480. The average molecular weight is 188 g/mol. The van der Waals surface area contributed by atoms with Crippen molar-refractivity contribution < 1.29 is 14.0 Å². The van der Waals surface area contributed by atoms with E-state index in [1.54, 1.807) is 0 Å². The highest BCUT2D eigenvalue weighted by Crippen LogP contribution is 2.01. The summed E-state index contributed by atoms with van der Waals surface area (Å²) in [6.45, 7) is 6.29. The smallest absolute Gasteiger partial charge is 0.184 e. The standard InChI is InChI=1S/C8H16O3Si/c1-10-6-5-8(9)7-11-12(2,3)4/h5-6H,7H2,1-4H3/b6-5+. The monoisotopic (exact) mass is 188 g/mol. The Hall–Kier alpha value is -0.613. The van der Waals surface area contributed by atoms with Gasteiger partial charge in [0.15, 0.2) is 14.1 Å². The Morgan fingerprint density at radius 2 is 2.00 bits per heavy atom. The molecule has 0 rings (SSSR count). The predicted octanol–water partition coefficient (Wildman–Crippen LogP) is 1.57. The molecule has 4 heteroatoms. The van der Waals surface area contributed by atoms with Gasteiger partial charge in [-0.05, 0) is 19.6 Å². The highest BCUT2D eigenvalue weighted by Gasteiger charge is 2.14. The first-order valence-corrected chi connectivity index (χ1v) is 7.22. The second-order valence-corrected chi connectivity index (χ2v) is 7.92. The highest BCUT2D eigenvalue weighted by molar-refractivity contribution is 6.69. The Labute approximate surface area is 74.5 Å². The Bertz CT molecular complexity index is 170. The zero-order valence-corrected chi connectivity index (χ0v) is 9.09.